The van der Waals surface area contributed by atoms with Gasteiger partial charge in [-0.05, 0) is 29.3 Å². The summed E-state index contributed by atoms with van der Waals surface area (Å²) in [7, 11) is 0. The fourth-order valence-corrected chi connectivity index (χ4v) is 3.22. The predicted octanol–water partition coefficient (Wildman–Crippen LogP) is 1.77. The molecule has 0 amide bonds. The molecule has 150 valence electrons. The third-order valence-electron chi connectivity index (χ3n) is 5.11. The molecule has 0 aliphatic carbocycles. The molecule has 3 atom stereocenters. The molecule has 2 aromatic carbocycles. The molecule has 0 spiro atoms. The fourth-order valence-electron chi connectivity index (χ4n) is 3.22. The number of nitrogens with two attached hydrogens (primary N) is 2. The molecular weight excluding hydrogens is 360 g/mol. The molecule has 2 aromatic rings. The Morgan fingerprint density at radius 3 is 1.82 bits per heavy atom. The van der Waals surface area contributed by atoms with E-state index in [1.807, 2.05) is 0 Å². The van der Waals surface area contributed by atoms with Crippen molar-refractivity contribution in [2.75, 3.05) is 31.3 Å². The van der Waals surface area contributed by atoms with Crippen LogP contribution < -0.4 is 11.5 Å². The summed E-state index contributed by atoms with van der Waals surface area (Å²) in [5.74, 6) is 0.480. The lowest BCUT2D eigenvalue weighted by Crippen LogP contribution is -2.10. The van der Waals surface area contributed by atoms with E-state index >= 15 is 0 Å². The third-order valence-corrected chi connectivity index (χ3v) is 5.11. The van der Waals surface area contributed by atoms with Gasteiger partial charge < -0.3 is 35.9 Å². The Labute approximate surface area is 163 Å². The quantitative estimate of drug-likeness (QED) is 0.258. The van der Waals surface area contributed by atoms with Gasteiger partial charge in [-0.15, -0.1) is 0 Å². The van der Waals surface area contributed by atoms with E-state index < -0.39 is 0 Å². The van der Waals surface area contributed by atoms with E-state index in [9.17, 15) is 5.11 Å². The van der Waals surface area contributed by atoms with Crippen LogP contribution in [0.3, 0.4) is 0 Å². The Kier molecular flexibility index (Phi) is 5.30. The van der Waals surface area contributed by atoms with Crippen molar-refractivity contribution in [3.05, 3.63) is 47.0 Å². The van der Waals surface area contributed by atoms with Crippen molar-refractivity contribution in [1.82, 2.24) is 0 Å². The maximum atomic E-state index is 10.3. The van der Waals surface area contributed by atoms with Crippen LogP contribution in [0, 0.1) is 0 Å². The molecule has 0 saturated carbocycles. The van der Waals surface area contributed by atoms with Gasteiger partial charge in [0, 0.05) is 30.5 Å². The zero-order chi connectivity index (χ0) is 19.7. The van der Waals surface area contributed by atoms with Crippen molar-refractivity contribution >= 4 is 11.4 Å². The molecule has 0 aromatic heterocycles. The average Bonchev–Trinajstić information content (AvgIpc) is 3.52. The maximum absolute atomic E-state index is 10.3. The summed E-state index contributed by atoms with van der Waals surface area (Å²) in [6.07, 6.45) is 3.04. The number of nitrogen functional groups attached to an aromatic ring is 2. The number of phenols is 2. The number of aromatic hydroxyl groups is 2. The van der Waals surface area contributed by atoms with Gasteiger partial charge in [-0.1, -0.05) is 12.1 Å². The largest absolute Gasteiger partial charge is 0.508 e. The van der Waals surface area contributed by atoms with Gasteiger partial charge in [-0.3, -0.25) is 0 Å². The summed E-state index contributed by atoms with van der Waals surface area (Å²) in [6.45, 7) is 2.35. The molecule has 3 aliphatic rings. The Balaban J connectivity index is 0.000000203. The van der Waals surface area contributed by atoms with Gasteiger partial charge in [0.15, 0.2) is 0 Å². The first-order chi connectivity index (χ1) is 13.5. The van der Waals surface area contributed by atoms with Crippen LogP contribution in [0.4, 0.5) is 11.4 Å². The first-order valence-electron chi connectivity index (χ1n) is 9.51. The fraction of sp³-hybridized carbons (Fsp3) is 0.429. The van der Waals surface area contributed by atoms with Gasteiger partial charge in [0.1, 0.15) is 11.5 Å². The highest BCUT2D eigenvalue weighted by molar-refractivity contribution is 5.62. The Morgan fingerprint density at radius 2 is 1.32 bits per heavy atom. The highest BCUT2D eigenvalue weighted by atomic mass is 16.6. The number of epoxide rings is 3. The summed E-state index contributed by atoms with van der Waals surface area (Å²) < 4.78 is 15.9. The Hall–Kier alpha value is -2.48. The van der Waals surface area contributed by atoms with E-state index in [2.05, 4.69) is 0 Å². The van der Waals surface area contributed by atoms with Gasteiger partial charge in [-0.2, -0.15) is 0 Å². The molecule has 6 N–H and O–H groups in total. The summed E-state index contributed by atoms with van der Waals surface area (Å²) in [5, 5.41) is 19.1. The number of rotatable bonds is 6. The second-order valence-corrected chi connectivity index (χ2v) is 7.46. The Bertz CT molecular complexity index is 824. The van der Waals surface area contributed by atoms with Crippen LogP contribution in [0.1, 0.15) is 16.7 Å². The highest BCUT2D eigenvalue weighted by Crippen LogP contribution is 2.37. The van der Waals surface area contributed by atoms with Crippen LogP contribution in [0.2, 0.25) is 0 Å². The number of para-hydroxylation sites is 2. The van der Waals surface area contributed by atoms with Crippen molar-refractivity contribution in [1.29, 1.82) is 0 Å². The van der Waals surface area contributed by atoms with Crippen molar-refractivity contribution in [3.63, 3.8) is 0 Å². The number of hydrogen-bond acceptors (Lipinski definition) is 7. The number of benzene rings is 2. The summed E-state index contributed by atoms with van der Waals surface area (Å²) in [4.78, 5) is 0. The SMILES string of the molecule is Nc1c(CC2CO2)cc(O)c(CC2CO2)c1CC1CO1.Nc1ccccc1O. The molecule has 7 heteroatoms. The van der Waals surface area contributed by atoms with Crippen molar-refractivity contribution < 1.29 is 24.4 Å². The van der Waals surface area contributed by atoms with Crippen LogP contribution in [0.15, 0.2) is 30.3 Å². The van der Waals surface area contributed by atoms with Gasteiger partial charge in [0.05, 0.1) is 43.8 Å². The van der Waals surface area contributed by atoms with E-state index in [1.54, 1.807) is 30.3 Å². The number of ether oxygens (including phenoxy) is 3. The first-order valence-corrected chi connectivity index (χ1v) is 9.51. The lowest BCUT2D eigenvalue weighted by Gasteiger charge is -2.17. The number of phenolic OH excluding ortho intramolecular Hbond substituents is 2. The summed E-state index contributed by atoms with van der Waals surface area (Å²) in [6, 6.07) is 8.50. The minimum absolute atomic E-state index is 0.146. The second-order valence-electron chi connectivity index (χ2n) is 7.46. The molecule has 7 nitrogen and oxygen atoms in total. The minimum Gasteiger partial charge on any atom is -0.508 e. The zero-order valence-corrected chi connectivity index (χ0v) is 15.6. The molecule has 3 aliphatic heterocycles. The van der Waals surface area contributed by atoms with Crippen molar-refractivity contribution in [3.8, 4) is 11.5 Å². The lowest BCUT2D eigenvalue weighted by atomic mass is 9.92. The van der Waals surface area contributed by atoms with E-state index in [-0.39, 0.29) is 24.1 Å². The third kappa shape index (κ3) is 4.86. The monoisotopic (exact) mass is 386 g/mol. The van der Waals surface area contributed by atoms with E-state index in [0.717, 1.165) is 61.5 Å². The number of anilines is 2. The molecule has 28 heavy (non-hydrogen) atoms. The Morgan fingerprint density at radius 1 is 0.786 bits per heavy atom. The van der Waals surface area contributed by atoms with Crippen LogP contribution >= 0.6 is 0 Å². The zero-order valence-electron chi connectivity index (χ0n) is 15.6. The molecule has 3 unspecified atom stereocenters. The van der Waals surface area contributed by atoms with Gasteiger partial charge in [-0.25, -0.2) is 0 Å². The molecule has 3 heterocycles. The normalized spacial score (nSPS) is 24.2. The van der Waals surface area contributed by atoms with Crippen molar-refractivity contribution in [2.45, 2.75) is 37.6 Å². The number of hydrogen-bond donors (Lipinski definition) is 4. The average molecular weight is 386 g/mol. The highest BCUT2D eigenvalue weighted by Gasteiger charge is 2.32. The maximum Gasteiger partial charge on any atom is 0.138 e. The predicted molar refractivity (Wildman–Crippen MR) is 105 cm³/mol. The smallest absolute Gasteiger partial charge is 0.138 e. The van der Waals surface area contributed by atoms with Crippen LogP contribution in [0.25, 0.3) is 0 Å². The van der Waals surface area contributed by atoms with E-state index in [1.165, 1.54) is 0 Å². The molecule has 0 bridgehead atoms. The molecular formula is C21H26N2O5. The minimum atomic E-state index is 0.146. The summed E-state index contributed by atoms with van der Waals surface area (Å²) >= 11 is 0. The van der Waals surface area contributed by atoms with E-state index in [0.29, 0.717) is 11.4 Å². The molecule has 3 fully saturated rings. The second kappa shape index (κ2) is 7.87. The van der Waals surface area contributed by atoms with Crippen LogP contribution in [0.5, 0.6) is 11.5 Å². The van der Waals surface area contributed by atoms with Crippen molar-refractivity contribution in [2.24, 2.45) is 0 Å². The lowest BCUT2D eigenvalue weighted by molar-refractivity contribution is 0.395. The molecule has 3 saturated heterocycles. The van der Waals surface area contributed by atoms with Crippen LogP contribution in [-0.2, 0) is 33.5 Å². The van der Waals surface area contributed by atoms with Gasteiger partial charge in [0.25, 0.3) is 0 Å². The van der Waals surface area contributed by atoms with Crippen LogP contribution in [-0.4, -0.2) is 48.3 Å². The first kappa shape index (κ1) is 18.9. The van der Waals surface area contributed by atoms with Gasteiger partial charge >= 0.3 is 0 Å². The topological polar surface area (TPSA) is 130 Å². The molecule has 0 radical (unpaired) electrons. The molecule has 5 rings (SSSR count). The van der Waals surface area contributed by atoms with Gasteiger partial charge in [0.2, 0.25) is 0 Å². The summed E-state index contributed by atoms with van der Waals surface area (Å²) in [5.41, 5.74) is 15.8. The standard InChI is InChI=1S/C15H19NO4.C6H7NO/c16-15-8(1-9-5-18-9)2-14(17)12(3-10-6-19-10)13(15)4-11-7-20-11;7-5-3-1-2-4-6(5)8/h2,9-11,17H,1,3-7,16H2;1-4,8H,7H2. The van der Waals surface area contributed by atoms with E-state index in [4.69, 9.17) is 30.8 Å².